The lowest BCUT2D eigenvalue weighted by Crippen LogP contribution is -2.32. The van der Waals surface area contributed by atoms with Crippen LogP contribution in [0.5, 0.6) is 5.75 Å². The van der Waals surface area contributed by atoms with Crippen molar-refractivity contribution >= 4 is 34.8 Å². The van der Waals surface area contributed by atoms with Crippen LogP contribution in [0.2, 0.25) is 5.02 Å². The summed E-state index contributed by atoms with van der Waals surface area (Å²) in [5, 5.41) is 13.1. The number of nitrogen functional groups attached to an aromatic ring is 1. The summed E-state index contributed by atoms with van der Waals surface area (Å²) in [6.07, 6.45) is 3.91. The van der Waals surface area contributed by atoms with Gasteiger partial charge in [-0.2, -0.15) is 0 Å². The summed E-state index contributed by atoms with van der Waals surface area (Å²) in [7, 11) is 0. The highest BCUT2D eigenvalue weighted by molar-refractivity contribution is 6.32. The van der Waals surface area contributed by atoms with E-state index in [1.54, 1.807) is 25.3 Å². The number of benzene rings is 2. The van der Waals surface area contributed by atoms with Crippen LogP contribution < -0.4 is 11.1 Å². The molecular weight excluding hydrogens is 509 g/mol. The van der Waals surface area contributed by atoms with Crippen LogP contribution in [-0.4, -0.2) is 35.4 Å². The van der Waals surface area contributed by atoms with Gasteiger partial charge < -0.3 is 20.6 Å². The number of rotatable bonds is 4. The Labute approximate surface area is 221 Å². The zero-order valence-electron chi connectivity index (χ0n) is 20.3. The molecule has 0 saturated heterocycles. The highest BCUT2D eigenvalue weighted by atomic mass is 35.5. The van der Waals surface area contributed by atoms with E-state index in [1.807, 2.05) is 23.6 Å². The van der Waals surface area contributed by atoms with Crippen LogP contribution in [-0.2, 0) is 16.6 Å². The number of carbonyl (C=O) groups is 1. The molecule has 1 amide bonds. The van der Waals surface area contributed by atoms with E-state index in [0.717, 1.165) is 11.3 Å². The number of aromatic nitrogens is 5. The summed E-state index contributed by atoms with van der Waals surface area (Å²) < 4.78 is 15.7. The molecule has 0 fully saturated rings. The molecule has 0 saturated carbocycles. The first kappa shape index (κ1) is 23.8. The van der Waals surface area contributed by atoms with Crippen molar-refractivity contribution in [2.24, 2.45) is 0 Å². The number of aromatic hydroxyl groups is 1. The minimum absolute atomic E-state index is 0.0932. The number of nitrogens with zero attached hydrogens (tertiary/aromatic N) is 5. The Balaban J connectivity index is 1.48. The van der Waals surface area contributed by atoms with Gasteiger partial charge in [-0.25, -0.2) is 24.3 Å². The maximum absolute atomic E-state index is 13.8. The highest BCUT2D eigenvalue weighted by Crippen LogP contribution is 2.46. The summed E-state index contributed by atoms with van der Waals surface area (Å²) in [5.41, 5.74) is 9.23. The second kappa shape index (κ2) is 8.49. The van der Waals surface area contributed by atoms with Crippen LogP contribution in [0.3, 0.4) is 0 Å². The monoisotopic (exact) mass is 529 g/mol. The predicted octanol–water partition coefficient (Wildman–Crippen LogP) is 4.42. The fourth-order valence-corrected chi connectivity index (χ4v) is 4.99. The molecule has 0 bridgehead atoms. The first-order chi connectivity index (χ1) is 18.1. The van der Waals surface area contributed by atoms with E-state index in [1.165, 1.54) is 24.3 Å². The number of phenols is 1. The van der Waals surface area contributed by atoms with Gasteiger partial charge in [0.2, 0.25) is 5.91 Å². The molecule has 38 heavy (non-hydrogen) atoms. The Morgan fingerprint density at radius 1 is 1.13 bits per heavy atom. The van der Waals surface area contributed by atoms with Gasteiger partial charge in [0, 0.05) is 18.8 Å². The van der Waals surface area contributed by atoms with Crippen molar-refractivity contribution in [2.75, 3.05) is 11.1 Å². The van der Waals surface area contributed by atoms with Crippen LogP contribution >= 0.6 is 11.6 Å². The van der Waals surface area contributed by atoms with Crippen molar-refractivity contribution in [1.29, 1.82) is 0 Å². The highest BCUT2D eigenvalue weighted by Gasteiger charge is 2.47. The maximum atomic E-state index is 13.8. The van der Waals surface area contributed by atoms with Crippen molar-refractivity contribution < 1.29 is 14.3 Å². The third-order valence-corrected chi connectivity index (χ3v) is 7.08. The molecule has 1 atom stereocenters. The van der Waals surface area contributed by atoms with E-state index in [0.29, 0.717) is 34.6 Å². The molecule has 9 nitrogen and oxygen atoms in total. The molecule has 5 aromatic rings. The molecular formula is C27H21ClFN7O2. The predicted molar refractivity (Wildman–Crippen MR) is 141 cm³/mol. The molecule has 4 heterocycles. The minimum Gasteiger partial charge on any atom is -0.506 e. The first-order valence-corrected chi connectivity index (χ1v) is 12.1. The summed E-state index contributed by atoms with van der Waals surface area (Å²) in [4.78, 5) is 31.7. The van der Waals surface area contributed by atoms with Crippen molar-refractivity contribution in [1.82, 2.24) is 24.3 Å². The van der Waals surface area contributed by atoms with Crippen molar-refractivity contribution in [3.05, 3.63) is 93.8 Å². The number of fused-ring (bicyclic) bond motifs is 2. The Bertz CT molecular complexity index is 1790. The van der Waals surface area contributed by atoms with Gasteiger partial charge in [-0.15, -0.1) is 0 Å². The maximum Gasteiger partial charge on any atom is 0.240 e. The average molecular weight is 530 g/mol. The molecule has 0 unspecified atom stereocenters. The zero-order chi connectivity index (χ0) is 26.8. The fraction of sp³-hybridized carbons (Fsp3) is 0.148. The van der Waals surface area contributed by atoms with Crippen LogP contribution in [0.1, 0.15) is 35.0 Å². The lowest BCUT2D eigenvalue weighted by molar-refractivity contribution is -0.119. The topological polar surface area (TPSA) is 131 Å². The van der Waals surface area contributed by atoms with E-state index >= 15 is 0 Å². The molecule has 0 spiro atoms. The Morgan fingerprint density at radius 3 is 2.71 bits per heavy atom. The lowest BCUT2D eigenvalue weighted by atomic mass is 9.77. The number of nitrogens with one attached hydrogen (secondary N) is 1. The number of anilines is 2. The van der Waals surface area contributed by atoms with Crippen LogP contribution in [0.4, 0.5) is 16.0 Å². The molecule has 4 N–H and O–H groups in total. The first-order valence-electron chi connectivity index (χ1n) is 11.7. The second-order valence-corrected chi connectivity index (χ2v) is 9.80. The molecule has 1 aliphatic heterocycles. The Hall–Kier alpha value is -4.57. The standard InChI is InChI=1S/C27H21ClFN7O2/c1-13-11-36-12-19(32-18(25(36)31-13)9-14-4-3-5-16(29)8-14)23-33-22(30)21-24(34-23)35-26(38)27(21,2)15-6-7-17(28)20(37)10-15/h3-8,10-12,37H,9H2,1-2H3,(H3,30,33,34,35,38)/t27-/m1/s1. The summed E-state index contributed by atoms with van der Waals surface area (Å²) in [5.74, 6) is -0.301. The summed E-state index contributed by atoms with van der Waals surface area (Å²) in [6, 6.07) is 10.9. The van der Waals surface area contributed by atoms with Gasteiger partial charge in [-0.3, -0.25) is 4.79 Å². The number of hydrogen-bond acceptors (Lipinski definition) is 7. The van der Waals surface area contributed by atoms with E-state index in [9.17, 15) is 14.3 Å². The number of amides is 1. The average Bonchev–Trinajstić information content (AvgIpc) is 3.37. The largest absolute Gasteiger partial charge is 0.506 e. The number of halogens is 2. The van der Waals surface area contributed by atoms with E-state index in [2.05, 4.69) is 20.3 Å². The van der Waals surface area contributed by atoms with Gasteiger partial charge in [0.1, 0.15) is 34.3 Å². The number of nitrogens with two attached hydrogens (primary N) is 1. The Kier molecular flexibility index (Phi) is 5.32. The van der Waals surface area contributed by atoms with Gasteiger partial charge in [0.15, 0.2) is 11.5 Å². The summed E-state index contributed by atoms with van der Waals surface area (Å²) in [6.45, 7) is 3.55. The minimum atomic E-state index is -1.25. The molecule has 2 aromatic carbocycles. The number of carbonyl (C=O) groups excluding carboxylic acids is 1. The third-order valence-electron chi connectivity index (χ3n) is 6.76. The van der Waals surface area contributed by atoms with Crippen LogP contribution in [0.25, 0.3) is 17.2 Å². The molecule has 3 aromatic heterocycles. The quantitative estimate of drug-likeness (QED) is 0.314. The second-order valence-electron chi connectivity index (χ2n) is 9.39. The number of hydrogen-bond donors (Lipinski definition) is 3. The van der Waals surface area contributed by atoms with Gasteiger partial charge in [-0.05, 0) is 49.2 Å². The van der Waals surface area contributed by atoms with Crippen LogP contribution in [0, 0.1) is 12.7 Å². The van der Waals surface area contributed by atoms with Gasteiger partial charge in [0.25, 0.3) is 0 Å². The molecule has 6 rings (SSSR count). The molecule has 1 aliphatic rings. The lowest BCUT2D eigenvalue weighted by Gasteiger charge is -2.23. The van der Waals surface area contributed by atoms with E-state index in [-0.39, 0.29) is 40.0 Å². The SMILES string of the molecule is Cc1cn2cc(-c3nc(N)c4c(n3)NC(=O)[C@]4(C)c3ccc(Cl)c(O)c3)nc(Cc3cccc(F)c3)c2n1. The molecule has 11 heteroatoms. The molecule has 190 valence electrons. The van der Waals surface area contributed by atoms with Crippen molar-refractivity contribution in [3.63, 3.8) is 0 Å². The molecule has 0 radical (unpaired) electrons. The summed E-state index contributed by atoms with van der Waals surface area (Å²) >= 11 is 5.97. The molecule has 0 aliphatic carbocycles. The third kappa shape index (κ3) is 3.72. The number of imidazole rings is 1. The van der Waals surface area contributed by atoms with E-state index < -0.39 is 5.41 Å². The number of phenolic OH excluding ortho intramolecular Hbond substituents is 1. The van der Waals surface area contributed by atoms with Crippen molar-refractivity contribution in [3.8, 4) is 17.3 Å². The van der Waals surface area contributed by atoms with Crippen LogP contribution in [0.15, 0.2) is 54.9 Å². The van der Waals surface area contributed by atoms with Gasteiger partial charge in [-0.1, -0.05) is 29.8 Å². The van der Waals surface area contributed by atoms with E-state index in [4.69, 9.17) is 22.3 Å². The zero-order valence-corrected chi connectivity index (χ0v) is 21.1. The van der Waals surface area contributed by atoms with Gasteiger partial charge in [0.05, 0.1) is 22.0 Å². The van der Waals surface area contributed by atoms with Gasteiger partial charge >= 0.3 is 0 Å². The Morgan fingerprint density at radius 2 is 1.95 bits per heavy atom. The normalized spacial score (nSPS) is 16.6. The smallest absolute Gasteiger partial charge is 0.240 e. The number of aryl methyl sites for hydroxylation is 1. The fourth-order valence-electron chi connectivity index (χ4n) is 4.87. The van der Waals surface area contributed by atoms with Crippen molar-refractivity contribution in [2.45, 2.75) is 25.7 Å².